The van der Waals surface area contributed by atoms with Crippen molar-refractivity contribution in [1.29, 1.82) is 0 Å². The maximum Gasteiger partial charge on any atom is 0.129 e. The average Bonchev–Trinajstić information content (AvgIpc) is 3.01. The van der Waals surface area contributed by atoms with E-state index in [0.717, 1.165) is 31.9 Å². The van der Waals surface area contributed by atoms with Crippen molar-refractivity contribution in [2.75, 3.05) is 19.7 Å². The molecule has 1 rings (SSSR count). The van der Waals surface area contributed by atoms with Crippen LogP contribution in [0.25, 0.3) is 0 Å². The second kappa shape index (κ2) is 14.2. The lowest BCUT2D eigenvalue weighted by Crippen LogP contribution is -2.18. The molecule has 0 saturated carbocycles. The van der Waals surface area contributed by atoms with Gasteiger partial charge in [0, 0.05) is 6.61 Å². The third-order valence-electron chi connectivity index (χ3n) is 3.67. The highest BCUT2D eigenvalue weighted by Crippen LogP contribution is 2.07. The molecule has 0 atom stereocenters. The topological polar surface area (TPSA) is 34.4 Å². The molecule has 0 fully saturated rings. The first-order chi connectivity index (χ1) is 10.4. The summed E-state index contributed by atoms with van der Waals surface area (Å²) in [6.07, 6.45) is 13.8. The minimum atomic E-state index is 0.588. The third kappa shape index (κ3) is 11.5. The second-order valence-electron chi connectivity index (χ2n) is 5.71. The fourth-order valence-electron chi connectivity index (χ4n) is 2.38. The van der Waals surface area contributed by atoms with Crippen LogP contribution in [0.15, 0.2) is 22.8 Å². The molecule has 0 aliphatic carbocycles. The van der Waals surface area contributed by atoms with Crippen molar-refractivity contribution in [2.45, 2.75) is 71.3 Å². The number of unbranched alkanes of at least 4 members (excludes halogenated alkanes) is 7. The Morgan fingerprint density at radius 2 is 1.67 bits per heavy atom. The van der Waals surface area contributed by atoms with E-state index in [4.69, 9.17) is 9.15 Å². The number of nitrogens with one attached hydrogen (secondary N) is 1. The first kappa shape index (κ1) is 18.2. The van der Waals surface area contributed by atoms with Crippen LogP contribution in [0.3, 0.4) is 0 Å². The number of hydrogen-bond donors (Lipinski definition) is 1. The van der Waals surface area contributed by atoms with Crippen LogP contribution in [0.1, 0.15) is 70.5 Å². The van der Waals surface area contributed by atoms with E-state index >= 15 is 0 Å². The van der Waals surface area contributed by atoms with E-state index in [2.05, 4.69) is 12.2 Å². The van der Waals surface area contributed by atoms with Crippen LogP contribution in [0.4, 0.5) is 0 Å². The Kier molecular flexibility index (Phi) is 12.3. The molecule has 0 aliphatic heterocycles. The lowest BCUT2D eigenvalue weighted by Gasteiger charge is -2.05. The fraction of sp³-hybridized carbons (Fsp3) is 0.778. The summed E-state index contributed by atoms with van der Waals surface area (Å²) in [5, 5.41) is 3.49. The standard InChI is InChI=1S/C18H33NO2/c1-2-3-4-5-6-7-8-9-13-19-14-11-15-20-17-18-12-10-16-21-18/h10,12,16,19H,2-9,11,13-15,17H2,1H3. The summed E-state index contributed by atoms with van der Waals surface area (Å²) in [6.45, 7) is 5.85. The largest absolute Gasteiger partial charge is 0.467 e. The first-order valence-electron chi connectivity index (χ1n) is 8.74. The highest BCUT2D eigenvalue weighted by atomic mass is 16.5. The Hall–Kier alpha value is -0.800. The number of ether oxygens (including phenoxy) is 1. The molecule has 122 valence electrons. The first-order valence-corrected chi connectivity index (χ1v) is 8.74. The van der Waals surface area contributed by atoms with E-state index in [1.165, 1.54) is 51.4 Å². The lowest BCUT2D eigenvalue weighted by atomic mass is 10.1. The van der Waals surface area contributed by atoms with Gasteiger partial charge >= 0.3 is 0 Å². The van der Waals surface area contributed by atoms with Crippen LogP contribution < -0.4 is 5.32 Å². The molecule has 1 aromatic heterocycles. The molecule has 0 radical (unpaired) electrons. The molecule has 21 heavy (non-hydrogen) atoms. The number of furan rings is 1. The second-order valence-corrected chi connectivity index (χ2v) is 5.71. The Labute approximate surface area is 130 Å². The maximum absolute atomic E-state index is 5.54. The summed E-state index contributed by atoms with van der Waals surface area (Å²) in [4.78, 5) is 0. The molecule has 0 spiro atoms. The lowest BCUT2D eigenvalue weighted by molar-refractivity contribution is 0.104. The van der Waals surface area contributed by atoms with Crippen molar-refractivity contribution >= 4 is 0 Å². The summed E-state index contributed by atoms with van der Waals surface area (Å²) >= 11 is 0. The van der Waals surface area contributed by atoms with Crippen LogP contribution in [0, 0.1) is 0 Å². The third-order valence-corrected chi connectivity index (χ3v) is 3.67. The van der Waals surface area contributed by atoms with Crippen molar-refractivity contribution in [3.05, 3.63) is 24.2 Å². The number of hydrogen-bond acceptors (Lipinski definition) is 3. The molecule has 1 N–H and O–H groups in total. The van der Waals surface area contributed by atoms with Crippen molar-refractivity contribution in [3.8, 4) is 0 Å². The summed E-state index contributed by atoms with van der Waals surface area (Å²) in [7, 11) is 0. The quantitative estimate of drug-likeness (QED) is 0.466. The minimum Gasteiger partial charge on any atom is -0.467 e. The molecule has 0 unspecified atom stereocenters. The van der Waals surface area contributed by atoms with Gasteiger partial charge in [0.05, 0.1) is 6.26 Å². The molecule has 0 bridgehead atoms. The summed E-state index contributed by atoms with van der Waals surface area (Å²) in [6, 6.07) is 3.84. The van der Waals surface area contributed by atoms with Gasteiger partial charge in [-0.3, -0.25) is 0 Å². The summed E-state index contributed by atoms with van der Waals surface area (Å²) in [5.41, 5.74) is 0. The molecular weight excluding hydrogens is 262 g/mol. The van der Waals surface area contributed by atoms with E-state index in [0.29, 0.717) is 6.61 Å². The van der Waals surface area contributed by atoms with Crippen LogP contribution in [-0.4, -0.2) is 19.7 Å². The van der Waals surface area contributed by atoms with Gasteiger partial charge in [0.15, 0.2) is 0 Å². The van der Waals surface area contributed by atoms with E-state index in [-0.39, 0.29) is 0 Å². The van der Waals surface area contributed by atoms with Gasteiger partial charge in [-0.1, -0.05) is 51.9 Å². The van der Waals surface area contributed by atoms with Gasteiger partial charge in [-0.15, -0.1) is 0 Å². The van der Waals surface area contributed by atoms with Crippen molar-refractivity contribution < 1.29 is 9.15 Å². The van der Waals surface area contributed by atoms with Gasteiger partial charge < -0.3 is 14.5 Å². The smallest absolute Gasteiger partial charge is 0.129 e. The maximum atomic E-state index is 5.54. The van der Waals surface area contributed by atoms with Gasteiger partial charge in [-0.2, -0.15) is 0 Å². The Morgan fingerprint density at radius 1 is 0.952 bits per heavy atom. The monoisotopic (exact) mass is 295 g/mol. The van der Waals surface area contributed by atoms with E-state index in [9.17, 15) is 0 Å². The Bertz CT molecular complexity index is 298. The molecular formula is C18H33NO2. The summed E-state index contributed by atoms with van der Waals surface area (Å²) < 4.78 is 10.7. The SMILES string of the molecule is CCCCCCCCCCNCCCOCc1ccco1. The predicted octanol–water partition coefficient (Wildman–Crippen LogP) is 4.92. The van der Waals surface area contributed by atoms with Gasteiger partial charge in [0.1, 0.15) is 12.4 Å². The fourth-order valence-corrected chi connectivity index (χ4v) is 2.38. The van der Waals surface area contributed by atoms with Crippen LogP contribution in [0.2, 0.25) is 0 Å². The molecule has 0 amide bonds. The average molecular weight is 295 g/mol. The normalized spacial score (nSPS) is 11.1. The van der Waals surface area contributed by atoms with Crippen molar-refractivity contribution in [2.24, 2.45) is 0 Å². The molecule has 3 nitrogen and oxygen atoms in total. The van der Waals surface area contributed by atoms with Gasteiger partial charge in [0.2, 0.25) is 0 Å². The van der Waals surface area contributed by atoms with Crippen LogP contribution in [-0.2, 0) is 11.3 Å². The highest BCUT2D eigenvalue weighted by Gasteiger charge is 1.95. The number of rotatable bonds is 15. The molecule has 0 saturated heterocycles. The van der Waals surface area contributed by atoms with E-state index < -0.39 is 0 Å². The van der Waals surface area contributed by atoms with Gasteiger partial charge in [-0.05, 0) is 38.1 Å². The minimum absolute atomic E-state index is 0.588. The van der Waals surface area contributed by atoms with Crippen molar-refractivity contribution in [3.63, 3.8) is 0 Å². The zero-order chi connectivity index (χ0) is 15.0. The van der Waals surface area contributed by atoms with Gasteiger partial charge in [0.25, 0.3) is 0 Å². The van der Waals surface area contributed by atoms with E-state index in [1.807, 2.05) is 12.1 Å². The molecule has 3 heteroatoms. The van der Waals surface area contributed by atoms with Crippen LogP contribution >= 0.6 is 0 Å². The predicted molar refractivity (Wildman–Crippen MR) is 88.5 cm³/mol. The van der Waals surface area contributed by atoms with Crippen molar-refractivity contribution in [1.82, 2.24) is 5.32 Å². The Morgan fingerprint density at radius 3 is 2.38 bits per heavy atom. The van der Waals surface area contributed by atoms with E-state index in [1.54, 1.807) is 6.26 Å². The molecule has 0 aromatic carbocycles. The summed E-state index contributed by atoms with van der Waals surface area (Å²) in [5.74, 6) is 0.905. The molecule has 1 aromatic rings. The molecule has 0 aliphatic rings. The zero-order valence-corrected chi connectivity index (χ0v) is 13.7. The van der Waals surface area contributed by atoms with Gasteiger partial charge in [-0.25, -0.2) is 0 Å². The molecule has 1 heterocycles. The zero-order valence-electron chi connectivity index (χ0n) is 13.7. The Balaban J connectivity index is 1.69. The highest BCUT2D eigenvalue weighted by molar-refractivity contribution is 4.95. The van der Waals surface area contributed by atoms with Crippen LogP contribution in [0.5, 0.6) is 0 Å².